The van der Waals surface area contributed by atoms with E-state index in [4.69, 9.17) is 17.0 Å². The van der Waals surface area contributed by atoms with E-state index in [0.717, 1.165) is 23.3 Å². The monoisotopic (exact) mass is 311 g/mol. The van der Waals surface area contributed by atoms with Gasteiger partial charge in [-0.15, -0.1) is 0 Å². The number of fused-ring (bicyclic) bond motifs is 1. The molecule has 1 amide bonds. The summed E-state index contributed by atoms with van der Waals surface area (Å²) in [7, 11) is 3.50. The minimum absolute atomic E-state index is 0.0128. The number of carbonyl (C=O) groups excluding carboxylic acids is 1. The summed E-state index contributed by atoms with van der Waals surface area (Å²) in [4.78, 5) is 14.9. The van der Waals surface area contributed by atoms with Gasteiger partial charge >= 0.3 is 0 Å². The van der Waals surface area contributed by atoms with E-state index >= 15 is 0 Å². The molecule has 21 heavy (non-hydrogen) atoms. The highest BCUT2D eigenvalue weighted by Gasteiger charge is 2.14. The number of rotatable bonds is 7. The molecule has 8 heteroatoms. The van der Waals surface area contributed by atoms with Crippen LogP contribution in [0.5, 0.6) is 0 Å². The summed E-state index contributed by atoms with van der Waals surface area (Å²) in [6, 6.07) is 0. The Kier molecular flexibility index (Phi) is 5.13. The van der Waals surface area contributed by atoms with Gasteiger partial charge in [-0.1, -0.05) is 6.92 Å². The van der Waals surface area contributed by atoms with Crippen molar-refractivity contribution >= 4 is 29.3 Å². The minimum atomic E-state index is -0.0128. The molecule has 0 spiro atoms. The molecule has 0 atom stereocenters. The summed E-state index contributed by atoms with van der Waals surface area (Å²) in [6.07, 6.45) is 1.21. The number of hydrogen-bond acceptors (Lipinski definition) is 4. The molecule has 0 aromatic carbocycles. The lowest BCUT2D eigenvalue weighted by Gasteiger charge is -2.06. The number of ether oxygens (including phenoxy) is 1. The van der Waals surface area contributed by atoms with Crippen LogP contribution < -0.4 is 5.32 Å². The topological polar surface area (TPSA) is 76.9 Å². The third kappa shape index (κ3) is 3.33. The maximum atomic E-state index is 11.8. The van der Waals surface area contributed by atoms with Crippen LogP contribution in [0.15, 0.2) is 0 Å². The van der Waals surface area contributed by atoms with Gasteiger partial charge in [0.2, 0.25) is 5.91 Å². The zero-order valence-corrected chi connectivity index (χ0v) is 13.4. The molecular weight excluding hydrogens is 290 g/mol. The first kappa shape index (κ1) is 15.7. The second-order valence-corrected chi connectivity index (χ2v) is 5.18. The number of nitrogens with one attached hydrogen (secondary N) is 2. The molecule has 2 aromatic heterocycles. The van der Waals surface area contributed by atoms with Gasteiger partial charge in [-0.25, -0.2) is 0 Å². The second kappa shape index (κ2) is 6.86. The molecule has 2 heterocycles. The fourth-order valence-corrected chi connectivity index (χ4v) is 2.61. The Morgan fingerprint density at radius 1 is 1.52 bits per heavy atom. The van der Waals surface area contributed by atoms with E-state index in [2.05, 4.69) is 22.3 Å². The Morgan fingerprint density at radius 3 is 2.95 bits per heavy atom. The molecule has 2 aromatic rings. The van der Waals surface area contributed by atoms with Crippen LogP contribution in [-0.4, -0.2) is 45.5 Å². The molecule has 0 radical (unpaired) electrons. The summed E-state index contributed by atoms with van der Waals surface area (Å²) in [6.45, 7) is 3.62. The quantitative estimate of drug-likeness (QED) is 0.594. The van der Waals surface area contributed by atoms with E-state index in [1.807, 2.05) is 16.3 Å². The highest BCUT2D eigenvalue weighted by molar-refractivity contribution is 7.71. The summed E-state index contributed by atoms with van der Waals surface area (Å²) in [5.41, 5.74) is 2.88. The molecule has 2 rings (SSSR count). The van der Waals surface area contributed by atoms with Crippen molar-refractivity contribution in [2.24, 2.45) is 7.05 Å². The number of amides is 1. The van der Waals surface area contributed by atoms with Crippen molar-refractivity contribution in [3.63, 3.8) is 0 Å². The van der Waals surface area contributed by atoms with Gasteiger partial charge in [-0.3, -0.25) is 9.48 Å². The van der Waals surface area contributed by atoms with Crippen LogP contribution >= 0.6 is 12.2 Å². The van der Waals surface area contributed by atoms with Crippen LogP contribution in [0, 0.1) is 4.77 Å². The van der Waals surface area contributed by atoms with Gasteiger partial charge in [-0.05, 0) is 18.6 Å². The predicted octanol–water partition coefficient (Wildman–Crippen LogP) is 1.15. The maximum absolute atomic E-state index is 11.8. The Bertz CT molecular complexity index is 685. The number of H-pyrrole nitrogens is 1. The van der Waals surface area contributed by atoms with Crippen molar-refractivity contribution in [3.8, 4) is 0 Å². The van der Waals surface area contributed by atoms with Crippen molar-refractivity contribution in [2.45, 2.75) is 26.3 Å². The van der Waals surface area contributed by atoms with Crippen LogP contribution in [0.3, 0.4) is 0 Å². The molecule has 0 aliphatic heterocycles. The zero-order valence-electron chi connectivity index (χ0n) is 12.6. The van der Waals surface area contributed by atoms with E-state index in [1.54, 1.807) is 7.11 Å². The zero-order chi connectivity index (χ0) is 15.4. The lowest BCUT2D eigenvalue weighted by molar-refractivity contribution is -0.121. The van der Waals surface area contributed by atoms with E-state index in [0.29, 0.717) is 30.9 Å². The number of aromatic nitrogens is 4. The molecule has 7 nitrogen and oxygen atoms in total. The van der Waals surface area contributed by atoms with Gasteiger partial charge < -0.3 is 19.6 Å². The largest absolute Gasteiger partial charge is 0.383 e. The Balaban J connectivity index is 2.12. The highest BCUT2D eigenvalue weighted by atomic mass is 32.1. The fourth-order valence-electron chi connectivity index (χ4n) is 2.33. The first-order chi connectivity index (χ1) is 10.1. The smallest absolute Gasteiger partial charge is 0.221 e. The Labute approximate surface area is 128 Å². The third-order valence-corrected chi connectivity index (χ3v) is 3.67. The van der Waals surface area contributed by atoms with Gasteiger partial charge in [-0.2, -0.15) is 5.10 Å². The van der Waals surface area contributed by atoms with Gasteiger partial charge in [0.05, 0.1) is 12.3 Å². The molecule has 0 saturated heterocycles. The molecule has 0 bridgehead atoms. The first-order valence-corrected chi connectivity index (χ1v) is 7.39. The minimum Gasteiger partial charge on any atom is -0.383 e. The van der Waals surface area contributed by atoms with Crippen molar-refractivity contribution in [2.75, 3.05) is 20.3 Å². The Hall–Kier alpha value is -1.67. The fraction of sp³-hybridized carbons (Fsp3) is 0.615. The number of imidazole rings is 1. The third-order valence-electron chi connectivity index (χ3n) is 3.35. The molecule has 0 aliphatic rings. The highest BCUT2D eigenvalue weighted by Crippen LogP contribution is 2.18. The summed E-state index contributed by atoms with van der Waals surface area (Å²) in [5, 5.41) is 7.26. The summed E-state index contributed by atoms with van der Waals surface area (Å²) < 4.78 is 9.25. The van der Waals surface area contributed by atoms with Crippen molar-refractivity contribution in [1.82, 2.24) is 24.6 Å². The standard InChI is InChI=1S/C13H21N5O2S/c1-4-9-11-12(17(2)16-9)18(13(21)15-11)7-5-10(19)14-6-8-20-3/h4-8H2,1-3H3,(H,14,19)(H,15,21). The number of carbonyl (C=O) groups is 1. The number of aryl methyl sites for hydroxylation is 3. The number of aromatic amines is 1. The molecular formula is C13H21N5O2S. The van der Waals surface area contributed by atoms with Crippen LogP contribution in [0.4, 0.5) is 0 Å². The van der Waals surface area contributed by atoms with E-state index in [1.165, 1.54) is 0 Å². The molecule has 0 saturated carbocycles. The average molecular weight is 311 g/mol. The first-order valence-electron chi connectivity index (χ1n) is 6.98. The normalized spacial score (nSPS) is 11.2. The van der Waals surface area contributed by atoms with Crippen molar-refractivity contribution in [1.29, 1.82) is 0 Å². The van der Waals surface area contributed by atoms with Crippen LogP contribution in [0.2, 0.25) is 0 Å². The molecule has 0 unspecified atom stereocenters. The van der Waals surface area contributed by atoms with Crippen molar-refractivity contribution in [3.05, 3.63) is 10.5 Å². The Morgan fingerprint density at radius 2 is 2.29 bits per heavy atom. The predicted molar refractivity (Wildman–Crippen MR) is 82.8 cm³/mol. The van der Waals surface area contributed by atoms with E-state index in [-0.39, 0.29) is 5.91 Å². The number of nitrogens with zero attached hydrogens (tertiary/aromatic N) is 3. The number of methoxy groups -OCH3 is 1. The molecule has 0 fully saturated rings. The lowest BCUT2D eigenvalue weighted by atomic mass is 10.3. The van der Waals surface area contributed by atoms with Gasteiger partial charge in [0.1, 0.15) is 5.52 Å². The molecule has 0 aliphatic carbocycles. The average Bonchev–Trinajstić information content (AvgIpc) is 2.94. The van der Waals surface area contributed by atoms with Crippen molar-refractivity contribution < 1.29 is 9.53 Å². The SMILES string of the molecule is CCc1nn(C)c2c1[nH]c(=S)n2CCC(=O)NCCOC. The number of hydrogen-bond donors (Lipinski definition) is 2. The van der Waals surface area contributed by atoms with Crippen LogP contribution in [0.25, 0.3) is 11.2 Å². The second-order valence-electron chi connectivity index (χ2n) is 4.80. The van der Waals surface area contributed by atoms with E-state index < -0.39 is 0 Å². The molecule has 116 valence electrons. The summed E-state index contributed by atoms with van der Waals surface area (Å²) >= 11 is 5.35. The van der Waals surface area contributed by atoms with Crippen LogP contribution in [-0.2, 0) is 29.5 Å². The molecule has 2 N–H and O–H groups in total. The van der Waals surface area contributed by atoms with Gasteiger partial charge in [0.25, 0.3) is 0 Å². The van der Waals surface area contributed by atoms with E-state index in [9.17, 15) is 4.79 Å². The maximum Gasteiger partial charge on any atom is 0.221 e. The summed E-state index contributed by atoms with van der Waals surface area (Å²) in [5.74, 6) is -0.0128. The van der Waals surface area contributed by atoms with Crippen LogP contribution in [0.1, 0.15) is 19.0 Å². The van der Waals surface area contributed by atoms with Gasteiger partial charge in [0, 0.05) is 33.7 Å². The lowest BCUT2D eigenvalue weighted by Crippen LogP contribution is -2.27. The van der Waals surface area contributed by atoms with Gasteiger partial charge in [0.15, 0.2) is 10.4 Å².